The minimum atomic E-state index is -1.00. The molecule has 0 spiro atoms. The van der Waals surface area contributed by atoms with Crippen molar-refractivity contribution >= 4 is 23.3 Å². The smallest absolute Gasteiger partial charge is 0.236 e. The second-order valence-electron chi connectivity index (χ2n) is 7.74. The highest BCUT2D eigenvalue weighted by Crippen LogP contribution is 2.42. The summed E-state index contributed by atoms with van der Waals surface area (Å²) in [5.74, 6) is 0.716. The molecule has 0 unspecified atom stereocenters. The van der Waals surface area contributed by atoms with Gasteiger partial charge in [0.05, 0.1) is 24.4 Å². The number of thioether (sulfide) groups is 1. The lowest BCUT2D eigenvalue weighted by atomic mass is 10.00. The number of nitrogen functional groups attached to an aromatic ring is 1. The van der Waals surface area contributed by atoms with Gasteiger partial charge in [-0.3, -0.25) is 0 Å². The number of aliphatic hydroxyl groups excluding tert-OH is 2. The number of oxazole rings is 1. The predicted molar refractivity (Wildman–Crippen MR) is 135 cm³/mol. The SMILES string of the molecule is [C-]#[N+]c1c(N)nc(SCc2coc(-c3ccc(F)cc3)n2)c(C#N)c1-c1ccc(OC[C@@H](O)CO)cc1. The minimum absolute atomic E-state index is 0.00921. The molecule has 0 bridgehead atoms. The highest BCUT2D eigenvalue weighted by atomic mass is 32.2. The van der Waals surface area contributed by atoms with Crippen LogP contribution in [0.25, 0.3) is 27.4 Å². The molecule has 0 saturated heterocycles. The first-order valence-electron chi connectivity index (χ1n) is 10.9. The van der Waals surface area contributed by atoms with Crippen LogP contribution < -0.4 is 10.5 Å². The van der Waals surface area contributed by atoms with Crippen molar-refractivity contribution in [3.63, 3.8) is 0 Å². The number of aliphatic hydroxyl groups is 2. The maximum absolute atomic E-state index is 13.2. The van der Waals surface area contributed by atoms with Crippen LogP contribution in [-0.4, -0.2) is 39.5 Å². The molecule has 0 fully saturated rings. The number of benzene rings is 2. The van der Waals surface area contributed by atoms with Gasteiger partial charge in [0.15, 0.2) is 0 Å². The normalized spacial score (nSPS) is 11.5. The second kappa shape index (κ2) is 11.5. The zero-order valence-corrected chi connectivity index (χ0v) is 20.1. The van der Waals surface area contributed by atoms with E-state index >= 15 is 0 Å². The van der Waals surface area contributed by atoms with Gasteiger partial charge in [-0.15, -0.1) is 0 Å². The number of nitrogens with zero attached hydrogens (tertiary/aromatic N) is 4. The molecule has 0 aliphatic carbocycles. The van der Waals surface area contributed by atoms with E-state index in [4.69, 9.17) is 26.6 Å². The number of hydrogen-bond acceptors (Lipinski definition) is 9. The van der Waals surface area contributed by atoms with Gasteiger partial charge in [-0.25, -0.2) is 19.2 Å². The molecule has 186 valence electrons. The highest BCUT2D eigenvalue weighted by Gasteiger charge is 2.21. The molecule has 2 aromatic heterocycles. The Morgan fingerprint density at radius 3 is 2.51 bits per heavy atom. The average Bonchev–Trinajstić information content (AvgIpc) is 3.39. The third kappa shape index (κ3) is 5.88. The lowest BCUT2D eigenvalue weighted by molar-refractivity contribution is 0.0536. The summed E-state index contributed by atoms with van der Waals surface area (Å²) < 4.78 is 24.1. The van der Waals surface area contributed by atoms with Crippen LogP contribution in [0.5, 0.6) is 5.75 Å². The molecule has 0 aliphatic heterocycles. The van der Waals surface area contributed by atoms with Crippen LogP contribution in [0.15, 0.2) is 64.2 Å². The number of nitriles is 1. The third-order valence-electron chi connectivity index (χ3n) is 5.18. The summed E-state index contributed by atoms with van der Waals surface area (Å²) in [5, 5.41) is 28.7. The Morgan fingerprint density at radius 1 is 1.16 bits per heavy atom. The third-order valence-corrected chi connectivity index (χ3v) is 6.19. The van der Waals surface area contributed by atoms with E-state index in [0.29, 0.717) is 44.8 Å². The van der Waals surface area contributed by atoms with Crippen LogP contribution >= 0.6 is 11.8 Å². The number of nitrogens with two attached hydrogens (primary N) is 1. The van der Waals surface area contributed by atoms with E-state index in [1.807, 2.05) is 0 Å². The summed E-state index contributed by atoms with van der Waals surface area (Å²) in [7, 11) is 0. The fourth-order valence-electron chi connectivity index (χ4n) is 3.38. The van der Waals surface area contributed by atoms with Crippen molar-refractivity contribution in [3.05, 3.63) is 83.3 Å². The number of ether oxygens (including phenoxy) is 1. The van der Waals surface area contributed by atoms with Gasteiger partial charge in [-0.05, 0) is 42.0 Å². The molecule has 0 amide bonds. The Hall–Kier alpha value is -4.42. The molecule has 2 heterocycles. The first-order chi connectivity index (χ1) is 17.9. The van der Waals surface area contributed by atoms with Crippen molar-refractivity contribution in [2.24, 2.45) is 0 Å². The number of rotatable bonds is 9. The van der Waals surface area contributed by atoms with E-state index in [9.17, 15) is 14.8 Å². The number of pyridine rings is 1. The van der Waals surface area contributed by atoms with E-state index in [0.717, 1.165) is 0 Å². The molecule has 0 aliphatic rings. The molecule has 11 heteroatoms. The summed E-state index contributed by atoms with van der Waals surface area (Å²) in [6, 6.07) is 14.5. The van der Waals surface area contributed by atoms with Gasteiger partial charge in [0.25, 0.3) is 0 Å². The van der Waals surface area contributed by atoms with Crippen LogP contribution in [0, 0.1) is 23.7 Å². The van der Waals surface area contributed by atoms with Crippen molar-refractivity contribution in [3.8, 4) is 34.4 Å². The van der Waals surface area contributed by atoms with E-state index in [-0.39, 0.29) is 29.5 Å². The van der Waals surface area contributed by atoms with E-state index in [1.165, 1.54) is 30.2 Å². The van der Waals surface area contributed by atoms with Gasteiger partial charge in [0, 0.05) is 16.9 Å². The van der Waals surface area contributed by atoms with E-state index in [1.54, 1.807) is 36.4 Å². The first-order valence-corrected chi connectivity index (χ1v) is 11.9. The Bertz CT molecular complexity index is 1480. The van der Waals surface area contributed by atoms with E-state index < -0.39 is 12.7 Å². The molecular weight excluding hydrogens is 497 g/mol. The first kappa shape index (κ1) is 25.7. The van der Waals surface area contributed by atoms with Gasteiger partial charge in [-0.2, -0.15) is 5.26 Å². The zero-order chi connectivity index (χ0) is 26.4. The molecule has 2 aromatic carbocycles. The lowest BCUT2D eigenvalue weighted by Crippen LogP contribution is -2.21. The van der Waals surface area contributed by atoms with Crippen LogP contribution in [0.2, 0.25) is 0 Å². The van der Waals surface area contributed by atoms with Gasteiger partial charge >= 0.3 is 0 Å². The highest BCUT2D eigenvalue weighted by molar-refractivity contribution is 7.98. The van der Waals surface area contributed by atoms with Crippen molar-refractivity contribution < 1.29 is 23.8 Å². The largest absolute Gasteiger partial charge is 0.491 e. The van der Waals surface area contributed by atoms with Crippen molar-refractivity contribution in [2.75, 3.05) is 18.9 Å². The maximum atomic E-state index is 13.2. The standard InChI is InChI=1S/C26H20FN5O4S/c1-30-23-22(15-4-8-20(9-5-15)35-13-19(34)11-33)21(10-28)26(32-24(23)29)37-14-18-12-36-25(31-18)16-2-6-17(27)7-3-16/h2-9,12,19,33-34H,11,13-14H2,(H2,29,32)/t19-/m0/s1. The maximum Gasteiger partial charge on any atom is 0.236 e. The average molecular weight is 518 g/mol. The van der Waals surface area contributed by atoms with Crippen LogP contribution in [0.3, 0.4) is 0 Å². The Labute approximate surface area is 215 Å². The molecule has 0 radical (unpaired) electrons. The molecular formula is C26H20FN5O4S. The number of halogens is 1. The lowest BCUT2D eigenvalue weighted by Gasteiger charge is -2.14. The summed E-state index contributed by atoms with van der Waals surface area (Å²) in [4.78, 5) is 12.2. The minimum Gasteiger partial charge on any atom is -0.491 e. The summed E-state index contributed by atoms with van der Waals surface area (Å²) >= 11 is 1.22. The molecule has 1 atom stereocenters. The quantitative estimate of drug-likeness (QED) is 0.215. The summed E-state index contributed by atoms with van der Waals surface area (Å²) in [5.41, 5.74) is 8.46. The molecule has 4 rings (SSSR count). The molecule has 9 nitrogen and oxygen atoms in total. The van der Waals surface area contributed by atoms with Crippen LogP contribution in [0.4, 0.5) is 15.9 Å². The van der Waals surface area contributed by atoms with E-state index in [2.05, 4.69) is 20.9 Å². The van der Waals surface area contributed by atoms with Crippen molar-refractivity contribution in [2.45, 2.75) is 16.9 Å². The zero-order valence-electron chi connectivity index (χ0n) is 19.3. The monoisotopic (exact) mass is 517 g/mol. The summed E-state index contributed by atoms with van der Waals surface area (Å²) in [6.07, 6.45) is 0.469. The second-order valence-corrected chi connectivity index (χ2v) is 8.70. The molecule has 0 saturated carbocycles. The molecule has 37 heavy (non-hydrogen) atoms. The number of anilines is 1. The molecule has 4 aromatic rings. The number of hydrogen-bond donors (Lipinski definition) is 3. The van der Waals surface area contributed by atoms with Crippen LogP contribution in [-0.2, 0) is 5.75 Å². The van der Waals surface area contributed by atoms with Crippen LogP contribution in [0.1, 0.15) is 11.3 Å². The fourth-order valence-corrected chi connectivity index (χ4v) is 4.25. The Balaban J connectivity index is 1.60. The van der Waals surface area contributed by atoms with Gasteiger partial charge in [0.1, 0.15) is 47.5 Å². The topological polar surface area (TPSA) is 143 Å². The van der Waals surface area contributed by atoms with Gasteiger partial charge in [-0.1, -0.05) is 23.9 Å². The Kier molecular flexibility index (Phi) is 8.01. The van der Waals surface area contributed by atoms with Gasteiger partial charge < -0.3 is 25.1 Å². The fraction of sp³-hybridized carbons (Fsp3) is 0.154. The number of aromatic nitrogens is 2. The molecule has 4 N–H and O–H groups in total. The summed E-state index contributed by atoms with van der Waals surface area (Å²) in [6.45, 7) is 7.09. The predicted octanol–water partition coefficient (Wildman–Crippen LogP) is 4.57. The Morgan fingerprint density at radius 2 is 1.86 bits per heavy atom. The van der Waals surface area contributed by atoms with Crippen molar-refractivity contribution in [1.82, 2.24) is 9.97 Å². The van der Waals surface area contributed by atoms with Crippen molar-refractivity contribution in [1.29, 1.82) is 5.26 Å². The van der Waals surface area contributed by atoms with Gasteiger partial charge in [0.2, 0.25) is 11.6 Å².